The van der Waals surface area contributed by atoms with Crippen LogP contribution in [0, 0.1) is 0 Å². The summed E-state index contributed by atoms with van der Waals surface area (Å²) < 4.78 is 26.4. The van der Waals surface area contributed by atoms with Gasteiger partial charge in [-0.25, -0.2) is 23.7 Å². The van der Waals surface area contributed by atoms with E-state index in [2.05, 4.69) is 15.0 Å². The SMILES string of the molecule is OCC(F)(F)CN1CCN(c2ncnc3scnc23)CC1. The number of nitrogens with zero attached hydrogens (tertiary/aromatic N) is 5. The van der Waals surface area contributed by atoms with Crippen LogP contribution in [0.3, 0.4) is 0 Å². The third-order valence-corrected chi connectivity index (χ3v) is 4.21. The Balaban J connectivity index is 1.67. The van der Waals surface area contributed by atoms with E-state index < -0.39 is 19.1 Å². The Hall–Kier alpha value is -1.45. The number of halogens is 2. The molecule has 2 aromatic heterocycles. The van der Waals surface area contributed by atoms with Crippen molar-refractivity contribution in [3.05, 3.63) is 11.8 Å². The lowest BCUT2D eigenvalue weighted by Crippen LogP contribution is -2.50. The number of thiazole rings is 1. The van der Waals surface area contributed by atoms with Crippen LogP contribution in [-0.4, -0.2) is 70.2 Å². The van der Waals surface area contributed by atoms with E-state index in [0.29, 0.717) is 26.2 Å². The molecule has 114 valence electrons. The van der Waals surface area contributed by atoms with E-state index in [1.54, 1.807) is 10.4 Å². The van der Waals surface area contributed by atoms with Gasteiger partial charge in [-0.1, -0.05) is 0 Å². The molecule has 2 aromatic rings. The maximum atomic E-state index is 13.2. The van der Waals surface area contributed by atoms with Gasteiger partial charge in [0.15, 0.2) is 5.82 Å². The molecule has 0 unspecified atom stereocenters. The van der Waals surface area contributed by atoms with Crippen molar-refractivity contribution in [3.8, 4) is 0 Å². The highest BCUT2D eigenvalue weighted by Crippen LogP contribution is 2.25. The van der Waals surface area contributed by atoms with Gasteiger partial charge in [0, 0.05) is 26.2 Å². The van der Waals surface area contributed by atoms with Crippen molar-refractivity contribution >= 4 is 27.5 Å². The van der Waals surface area contributed by atoms with Crippen LogP contribution in [0.1, 0.15) is 0 Å². The molecule has 1 fully saturated rings. The number of aromatic nitrogens is 3. The van der Waals surface area contributed by atoms with Crippen molar-refractivity contribution in [2.45, 2.75) is 5.92 Å². The van der Waals surface area contributed by atoms with E-state index in [9.17, 15) is 8.78 Å². The molecule has 0 atom stereocenters. The third kappa shape index (κ3) is 3.09. The van der Waals surface area contributed by atoms with Crippen molar-refractivity contribution in [2.75, 3.05) is 44.2 Å². The normalized spacial score (nSPS) is 17.6. The molecule has 0 radical (unpaired) electrons. The van der Waals surface area contributed by atoms with Gasteiger partial charge in [-0.2, -0.15) is 0 Å². The van der Waals surface area contributed by atoms with E-state index in [-0.39, 0.29) is 0 Å². The summed E-state index contributed by atoms with van der Waals surface area (Å²) in [4.78, 5) is 17.2. The Morgan fingerprint density at radius 1 is 1.19 bits per heavy atom. The number of aliphatic hydroxyl groups excluding tert-OH is 1. The van der Waals surface area contributed by atoms with E-state index in [1.807, 2.05) is 4.90 Å². The third-order valence-electron chi connectivity index (χ3n) is 3.47. The number of fused-ring (bicyclic) bond motifs is 1. The Morgan fingerprint density at radius 3 is 2.67 bits per heavy atom. The molecule has 9 heteroatoms. The first-order valence-electron chi connectivity index (χ1n) is 6.59. The molecule has 6 nitrogen and oxygen atoms in total. The lowest BCUT2D eigenvalue weighted by molar-refractivity contribution is -0.0733. The van der Waals surface area contributed by atoms with Crippen LogP contribution in [0.25, 0.3) is 10.3 Å². The zero-order chi connectivity index (χ0) is 14.9. The number of alkyl halides is 2. The molecule has 0 saturated carbocycles. The molecule has 1 aliphatic rings. The molecule has 0 amide bonds. The van der Waals surface area contributed by atoms with Crippen LogP contribution in [0.2, 0.25) is 0 Å². The topological polar surface area (TPSA) is 65.4 Å². The summed E-state index contributed by atoms with van der Waals surface area (Å²) in [6, 6.07) is 0. The van der Waals surface area contributed by atoms with Gasteiger partial charge < -0.3 is 10.0 Å². The second-order valence-electron chi connectivity index (χ2n) is 4.98. The van der Waals surface area contributed by atoms with Gasteiger partial charge in [-0.05, 0) is 0 Å². The Bertz CT molecular complexity index is 614. The molecule has 3 heterocycles. The fraction of sp³-hybridized carbons (Fsp3) is 0.583. The quantitative estimate of drug-likeness (QED) is 0.902. The number of anilines is 1. The maximum Gasteiger partial charge on any atom is 0.283 e. The van der Waals surface area contributed by atoms with Crippen LogP contribution >= 0.6 is 11.3 Å². The first-order valence-corrected chi connectivity index (χ1v) is 7.47. The highest BCUT2D eigenvalue weighted by molar-refractivity contribution is 7.16. The van der Waals surface area contributed by atoms with Crippen LogP contribution in [0.5, 0.6) is 0 Å². The Morgan fingerprint density at radius 2 is 1.95 bits per heavy atom. The summed E-state index contributed by atoms with van der Waals surface area (Å²) in [6.45, 7) is 0.693. The predicted octanol–water partition coefficient (Wildman–Crippen LogP) is 0.836. The summed E-state index contributed by atoms with van der Waals surface area (Å²) in [6.07, 6.45) is 1.50. The van der Waals surface area contributed by atoms with Crippen LogP contribution < -0.4 is 4.90 Å². The fourth-order valence-electron chi connectivity index (χ4n) is 2.41. The van der Waals surface area contributed by atoms with Gasteiger partial charge in [0.1, 0.15) is 23.3 Å². The molecule has 21 heavy (non-hydrogen) atoms. The largest absolute Gasteiger partial charge is 0.390 e. The van der Waals surface area contributed by atoms with Gasteiger partial charge in [-0.15, -0.1) is 11.3 Å². The lowest BCUT2D eigenvalue weighted by Gasteiger charge is -2.36. The van der Waals surface area contributed by atoms with Crippen LogP contribution in [-0.2, 0) is 0 Å². The maximum absolute atomic E-state index is 13.2. The van der Waals surface area contributed by atoms with Crippen LogP contribution in [0.15, 0.2) is 11.8 Å². The number of hydrogen-bond acceptors (Lipinski definition) is 7. The highest BCUT2D eigenvalue weighted by atomic mass is 32.1. The van der Waals surface area contributed by atoms with Crippen molar-refractivity contribution in [1.82, 2.24) is 19.9 Å². The molecule has 1 N–H and O–H groups in total. The summed E-state index contributed by atoms with van der Waals surface area (Å²) in [5, 5.41) is 8.64. The minimum Gasteiger partial charge on any atom is -0.390 e. The molecule has 0 bridgehead atoms. The number of hydrogen-bond donors (Lipinski definition) is 1. The van der Waals surface area contributed by atoms with E-state index in [1.165, 1.54) is 17.7 Å². The molecule has 0 aromatic carbocycles. The number of rotatable bonds is 4. The zero-order valence-electron chi connectivity index (χ0n) is 11.2. The van der Waals surface area contributed by atoms with Gasteiger partial charge >= 0.3 is 0 Å². The van der Waals surface area contributed by atoms with Crippen molar-refractivity contribution in [2.24, 2.45) is 0 Å². The first-order chi connectivity index (χ1) is 10.1. The zero-order valence-corrected chi connectivity index (χ0v) is 12.1. The monoisotopic (exact) mass is 315 g/mol. The molecule has 1 aliphatic heterocycles. The average Bonchev–Trinajstić information content (AvgIpc) is 2.96. The van der Waals surface area contributed by atoms with Crippen molar-refractivity contribution in [3.63, 3.8) is 0 Å². The number of piperazine rings is 1. The summed E-state index contributed by atoms with van der Waals surface area (Å²) >= 11 is 1.45. The van der Waals surface area contributed by atoms with Gasteiger partial charge in [0.2, 0.25) is 0 Å². The molecular formula is C12H15F2N5OS. The van der Waals surface area contributed by atoms with Gasteiger partial charge in [0.25, 0.3) is 5.92 Å². The number of aliphatic hydroxyl groups is 1. The minimum absolute atomic E-state index is 0.409. The van der Waals surface area contributed by atoms with Crippen LogP contribution in [0.4, 0.5) is 14.6 Å². The lowest BCUT2D eigenvalue weighted by atomic mass is 10.2. The summed E-state index contributed by atoms with van der Waals surface area (Å²) in [7, 11) is 0. The second-order valence-corrected chi connectivity index (χ2v) is 5.81. The Labute approximate surface area is 124 Å². The Kier molecular flexibility index (Phi) is 3.96. The van der Waals surface area contributed by atoms with E-state index in [0.717, 1.165) is 16.2 Å². The van der Waals surface area contributed by atoms with E-state index in [4.69, 9.17) is 5.11 Å². The molecule has 3 rings (SSSR count). The second kappa shape index (κ2) is 5.74. The molecular weight excluding hydrogens is 300 g/mol. The van der Waals surface area contributed by atoms with Crippen molar-refractivity contribution in [1.29, 1.82) is 0 Å². The van der Waals surface area contributed by atoms with Crippen molar-refractivity contribution < 1.29 is 13.9 Å². The molecule has 0 spiro atoms. The summed E-state index contributed by atoms with van der Waals surface area (Å²) in [5.41, 5.74) is 2.48. The fourth-order valence-corrected chi connectivity index (χ4v) is 3.03. The molecule has 0 aliphatic carbocycles. The summed E-state index contributed by atoms with van der Waals surface area (Å²) in [5.74, 6) is -2.28. The van der Waals surface area contributed by atoms with Gasteiger partial charge in [-0.3, -0.25) is 4.90 Å². The van der Waals surface area contributed by atoms with E-state index >= 15 is 0 Å². The standard InChI is InChI=1S/C12H15F2N5OS/c13-12(14,6-20)5-18-1-3-19(4-2-18)10-9-11(16-7-15-10)21-8-17-9/h7-8,20H,1-6H2. The minimum atomic E-state index is -3.04. The average molecular weight is 315 g/mol. The predicted molar refractivity (Wildman–Crippen MR) is 75.9 cm³/mol. The molecule has 1 saturated heterocycles. The highest BCUT2D eigenvalue weighted by Gasteiger charge is 2.32. The van der Waals surface area contributed by atoms with Gasteiger partial charge in [0.05, 0.1) is 12.1 Å². The smallest absolute Gasteiger partial charge is 0.283 e. The first kappa shape index (κ1) is 14.5.